The van der Waals surface area contributed by atoms with Crippen LogP contribution in [0.25, 0.3) is 0 Å². The van der Waals surface area contributed by atoms with Gasteiger partial charge in [-0.3, -0.25) is 0 Å². The number of hydrogen-bond acceptors (Lipinski definition) is 1. The van der Waals surface area contributed by atoms with Crippen LogP contribution in [0.2, 0.25) is 0 Å². The molecule has 0 atom stereocenters. The molecule has 0 aliphatic carbocycles. The first-order valence-corrected chi connectivity index (χ1v) is 4.68. The van der Waals surface area contributed by atoms with Gasteiger partial charge in [-0.25, -0.2) is 4.39 Å². The van der Waals surface area contributed by atoms with Crippen LogP contribution in [-0.4, -0.2) is 6.10 Å². The minimum Gasteiger partial charge on any atom is -0.491 e. The Morgan fingerprint density at radius 3 is 2.69 bits per heavy atom. The molecule has 0 saturated carbocycles. The van der Waals surface area contributed by atoms with Crippen molar-refractivity contribution in [3.63, 3.8) is 0 Å². The number of benzene rings is 1. The molecule has 13 heavy (non-hydrogen) atoms. The van der Waals surface area contributed by atoms with Crippen LogP contribution in [0, 0.1) is 5.82 Å². The molecule has 0 spiro atoms. The number of hydrogen-bond donors (Lipinski definition) is 0. The van der Waals surface area contributed by atoms with E-state index in [4.69, 9.17) is 16.3 Å². The maximum atomic E-state index is 12.8. The van der Waals surface area contributed by atoms with Crippen LogP contribution in [0.1, 0.15) is 19.4 Å². The summed E-state index contributed by atoms with van der Waals surface area (Å²) in [4.78, 5) is 0. The van der Waals surface area contributed by atoms with Crippen molar-refractivity contribution in [3.8, 4) is 5.75 Å². The molecule has 1 aromatic rings. The molecule has 0 unspecified atom stereocenters. The van der Waals surface area contributed by atoms with Crippen LogP contribution >= 0.6 is 11.6 Å². The van der Waals surface area contributed by atoms with Crippen LogP contribution < -0.4 is 4.74 Å². The molecule has 0 N–H and O–H groups in total. The first-order valence-electron chi connectivity index (χ1n) is 4.14. The van der Waals surface area contributed by atoms with Crippen LogP contribution in [-0.2, 0) is 5.88 Å². The van der Waals surface area contributed by atoms with Crippen molar-refractivity contribution < 1.29 is 9.13 Å². The number of ether oxygens (including phenoxy) is 1. The Morgan fingerprint density at radius 2 is 2.15 bits per heavy atom. The summed E-state index contributed by atoms with van der Waals surface area (Å²) in [5, 5.41) is 0. The molecular formula is C10H12ClFO. The molecule has 0 saturated heterocycles. The highest BCUT2D eigenvalue weighted by Gasteiger charge is 2.05. The Kier molecular flexibility index (Phi) is 3.55. The van der Waals surface area contributed by atoms with E-state index in [-0.39, 0.29) is 11.9 Å². The summed E-state index contributed by atoms with van der Waals surface area (Å²) >= 11 is 5.67. The second-order valence-corrected chi connectivity index (χ2v) is 3.32. The van der Waals surface area contributed by atoms with Crippen LogP contribution in [0.5, 0.6) is 5.75 Å². The van der Waals surface area contributed by atoms with Gasteiger partial charge in [0.15, 0.2) is 0 Å². The SMILES string of the molecule is CC(C)Oc1cc(F)ccc1CCl. The average molecular weight is 203 g/mol. The predicted molar refractivity (Wildman–Crippen MR) is 51.7 cm³/mol. The van der Waals surface area contributed by atoms with Crippen LogP contribution in [0.3, 0.4) is 0 Å². The van der Waals surface area contributed by atoms with Gasteiger partial charge in [0.2, 0.25) is 0 Å². The van der Waals surface area contributed by atoms with Gasteiger partial charge in [-0.2, -0.15) is 0 Å². The van der Waals surface area contributed by atoms with E-state index in [2.05, 4.69) is 0 Å². The first-order chi connectivity index (χ1) is 6.13. The van der Waals surface area contributed by atoms with Gasteiger partial charge in [0, 0.05) is 11.6 Å². The number of halogens is 2. The minimum atomic E-state index is -0.301. The van der Waals surface area contributed by atoms with Crippen molar-refractivity contribution in [2.24, 2.45) is 0 Å². The highest BCUT2D eigenvalue weighted by molar-refractivity contribution is 6.17. The normalized spacial score (nSPS) is 10.5. The lowest BCUT2D eigenvalue weighted by Crippen LogP contribution is -2.07. The second kappa shape index (κ2) is 4.47. The maximum Gasteiger partial charge on any atom is 0.127 e. The van der Waals surface area contributed by atoms with Gasteiger partial charge in [-0.05, 0) is 19.9 Å². The Bertz CT molecular complexity index is 286. The number of rotatable bonds is 3. The predicted octanol–water partition coefficient (Wildman–Crippen LogP) is 3.35. The summed E-state index contributed by atoms with van der Waals surface area (Å²) in [6.45, 7) is 3.78. The maximum absolute atomic E-state index is 12.8. The summed E-state index contributed by atoms with van der Waals surface area (Å²) < 4.78 is 18.2. The minimum absolute atomic E-state index is 0.0313. The van der Waals surface area contributed by atoms with Gasteiger partial charge in [0.05, 0.1) is 12.0 Å². The molecule has 0 aliphatic heterocycles. The van der Waals surface area contributed by atoms with E-state index in [1.807, 2.05) is 13.8 Å². The average Bonchev–Trinajstić information content (AvgIpc) is 2.03. The van der Waals surface area contributed by atoms with Crippen molar-refractivity contribution in [3.05, 3.63) is 29.6 Å². The standard InChI is InChI=1S/C10H12ClFO/c1-7(2)13-10-5-9(12)4-3-8(10)6-11/h3-5,7H,6H2,1-2H3. The van der Waals surface area contributed by atoms with Gasteiger partial charge < -0.3 is 4.74 Å². The fraction of sp³-hybridized carbons (Fsp3) is 0.400. The monoisotopic (exact) mass is 202 g/mol. The highest BCUT2D eigenvalue weighted by atomic mass is 35.5. The van der Waals surface area contributed by atoms with Gasteiger partial charge >= 0.3 is 0 Å². The zero-order valence-corrected chi connectivity index (χ0v) is 8.44. The molecule has 0 aliphatic rings. The fourth-order valence-electron chi connectivity index (χ4n) is 1.00. The van der Waals surface area contributed by atoms with E-state index < -0.39 is 0 Å². The summed E-state index contributed by atoms with van der Waals surface area (Å²) in [5.41, 5.74) is 0.816. The van der Waals surface area contributed by atoms with Gasteiger partial charge in [0.1, 0.15) is 11.6 Å². The van der Waals surface area contributed by atoms with E-state index in [1.54, 1.807) is 6.07 Å². The first kappa shape index (κ1) is 10.3. The molecule has 3 heteroatoms. The van der Waals surface area contributed by atoms with Crippen LogP contribution in [0.4, 0.5) is 4.39 Å². The van der Waals surface area contributed by atoms with Crippen molar-refractivity contribution in [1.29, 1.82) is 0 Å². The molecule has 0 radical (unpaired) electrons. The Morgan fingerprint density at radius 1 is 1.46 bits per heavy atom. The van der Waals surface area contributed by atoms with Gasteiger partial charge in [0.25, 0.3) is 0 Å². The third kappa shape index (κ3) is 2.88. The third-order valence-corrected chi connectivity index (χ3v) is 1.82. The summed E-state index contributed by atoms with van der Waals surface area (Å²) in [6, 6.07) is 4.38. The van der Waals surface area contributed by atoms with Crippen molar-refractivity contribution in [2.75, 3.05) is 0 Å². The number of alkyl halides is 1. The van der Waals surface area contributed by atoms with E-state index >= 15 is 0 Å². The smallest absolute Gasteiger partial charge is 0.127 e. The lowest BCUT2D eigenvalue weighted by molar-refractivity contribution is 0.239. The third-order valence-electron chi connectivity index (χ3n) is 1.54. The molecule has 1 rings (SSSR count). The van der Waals surface area contributed by atoms with Crippen molar-refractivity contribution in [1.82, 2.24) is 0 Å². The van der Waals surface area contributed by atoms with Crippen molar-refractivity contribution >= 4 is 11.6 Å². The second-order valence-electron chi connectivity index (χ2n) is 3.05. The topological polar surface area (TPSA) is 9.23 Å². The summed E-state index contributed by atoms with van der Waals surface area (Å²) in [7, 11) is 0. The molecular weight excluding hydrogens is 191 g/mol. The van der Waals surface area contributed by atoms with E-state index in [9.17, 15) is 4.39 Å². The Balaban J connectivity index is 2.94. The Labute approximate surface area is 82.5 Å². The lowest BCUT2D eigenvalue weighted by atomic mass is 10.2. The molecule has 0 bridgehead atoms. The quantitative estimate of drug-likeness (QED) is 0.683. The molecule has 1 nitrogen and oxygen atoms in total. The summed E-state index contributed by atoms with van der Waals surface area (Å²) in [6.07, 6.45) is 0.0313. The van der Waals surface area contributed by atoms with E-state index in [0.717, 1.165) is 5.56 Å². The van der Waals surface area contributed by atoms with Gasteiger partial charge in [-0.1, -0.05) is 6.07 Å². The molecule has 0 heterocycles. The van der Waals surface area contributed by atoms with Crippen molar-refractivity contribution in [2.45, 2.75) is 25.8 Å². The molecule has 0 aromatic heterocycles. The highest BCUT2D eigenvalue weighted by Crippen LogP contribution is 2.22. The van der Waals surface area contributed by atoms with Crippen LogP contribution in [0.15, 0.2) is 18.2 Å². The largest absolute Gasteiger partial charge is 0.491 e. The molecule has 1 aromatic carbocycles. The zero-order valence-electron chi connectivity index (χ0n) is 7.68. The molecule has 0 amide bonds. The zero-order chi connectivity index (χ0) is 9.84. The van der Waals surface area contributed by atoms with E-state index in [0.29, 0.717) is 11.6 Å². The lowest BCUT2D eigenvalue weighted by Gasteiger charge is -2.12. The van der Waals surface area contributed by atoms with Gasteiger partial charge in [-0.15, -0.1) is 11.6 Å². The van der Waals surface area contributed by atoms with E-state index in [1.165, 1.54) is 12.1 Å². The summed E-state index contributed by atoms with van der Waals surface area (Å²) in [5.74, 6) is 0.567. The molecule has 72 valence electrons. The Hall–Kier alpha value is -0.760. The fourth-order valence-corrected chi connectivity index (χ4v) is 1.22. The molecule has 0 fully saturated rings.